The number of amides is 2. The van der Waals surface area contributed by atoms with Gasteiger partial charge in [-0.25, -0.2) is 10.1 Å². The summed E-state index contributed by atoms with van der Waals surface area (Å²) >= 11 is 18.4. The van der Waals surface area contributed by atoms with Crippen molar-refractivity contribution in [2.75, 3.05) is 6.54 Å². The third kappa shape index (κ3) is 4.71. The molecule has 2 aromatic carbocycles. The molecular formula is C19H16Cl3N5O2. The minimum Gasteiger partial charge on any atom is -0.369 e. The number of nitrogens with one attached hydrogen (secondary N) is 2. The van der Waals surface area contributed by atoms with Crippen LogP contribution < -0.4 is 16.6 Å². The number of aromatic nitrogens is 2. The molecule has 150 valence electrons. The maximum atomic E-state index is 12.6. The van der Waals surface area contributed by atoms with Gasteiger partial charge in [0.05, 0.1) is 22.9 Å². The van der Waals surface area contributed by atoms with E-state index in [0.29, 0.717) is 32.0 Å². The lowest BCUT2D eigenvalue weighted by molar-refractivity contribution is -0.117. The summed E-state index contributed by atoms with van der Waals surface area (Å²) in [5.74, 6) is -1.13. The predicted octanol–water partition coefficient (Wildman–Crippen LogP) is 3.53. The fraction of sp³-hybridized carbons (Fsp3) is 0.105. The molecular weight excluding hydrogens is 437 g/mol. The van der Waals surface area contributed by atoms with Crippen LogP contribution in [0.4, 0.5) is 0 Å². The number of benzene rings is 2. The topological polar surface area (TPSA) is 102 Å². The van der Waals surface area contributed by atoms with Crippen LogP contribution in [0.2, 0.25) is 15.1 Å². The van der Waals surface area contributed by atoms with E-state index in [2.05, 4.69) is 16.0 Å². The summed E-state index contributed by atoms with van der Waals surface area (Å²) in [6.07, 6.45) is 0. The number of nitrogens with two attached hydrogens (primary N) is 1. The van der Waals surface area contributed by atoms with E-state index in [-0.39, 0.29) is 12.2 Å². The van der Waals surface area contributed by atoms with E-state index in [4.69, 9.17) is 40.5 Å². The van der Waals surface area contributed by atoms with E-state index in [9.17, 15) is 9.59 Å². The van der Waals surface area contributed by atoms with E-state index in [1.807, 2.05) is 12.1 Å². The number of halogens is 3. The van der Waals surface area contributed by atoms with Crippen molar-refractivity contribution >= 4 is 46.6 Å². The van der Waals surface area contributed by atoms with Gasteiger partial charge >= 0.3 is 0 Å². The first-order valence-electron chi connectivity index (χ1n) is 8.40. The Kier molecular flexibility index (Phi) is 6.44. The average Bonchev–Trinajstić information content (AvgIpc) is 2.99. The first-order chi connectivity index (χ1) is 13.8. The van der Waals surface area contributed by atoms with Gasteiger partial charge in [0.2, 0.25) is 5.91 Å². The third-order valence-corrected chi connectivity index (χ3v) is 4.85. The Labute approximate surface area is 181 Å². The van der Waals surface area contributed by atoms with Crippen LogP contribution in [0, 0.1) is 6.92 Å². The van der Waals surface area contributed by atoms with Gasteiger partial charge < -0.3 is 5.73 Å². The molecule has 3 rings (SSSR count). The van der Waals surface area contributed by atoms with Crippen molar-refractivity contribution in [2.24, 2.45) is 5.73 Å². The van der Waals surface area contributed by atoms with Crippen LogP contribution in [0.3, 0.4) is 0 Å². The van der Waals surface area contributed by atoms with Crippen molar-refractivity contribution in [2.45, 2.75) is 6.92 Å². The average molecular weight is 453 g/mol. The van der Waals surface area contributed by atoms with Gasteiger partial charge in [0, 0.05) is 21.2 Å². The third-order valence-electron chi connectivity index (χ3n) is 4.06. The number of carbonyl (C=O) groups excluding carboxylic acids is 2. The predicted molar refractivity (Wildman–Crippen MR) is 113 cm³/mol. The SMILES string of the molecule is Cc1c(C(=O)NNCC(N)=O)nn(-c2ccc(Cl)cc2Cl)c1-c1ccc(Cl)cc1. The zero-order valence-corrected chi connectivity index (χ0v) is 17.4. The molecule has 0 unspecified atom stereocenters. The molecule has 0 aliphatic heterocycles. The molecule has 0 bridgehead atoms. The van der Waals surface area contributed by atoms with Crippen molar-refractivity contribution in [3.05, 3.63) is 68.8 Å². The fourth-order valence-electron chi connectivity index (χ4n) is 2.76. The second-order valence-electron chi connectivity index (χ2n) is 6.11. The van der Waals surface area contributed by atoms with Gasteiger partial charge in [0.1, 0.15) is 0 Å². The summed E-state index contributed by atoms with van der Waals surface area (Å²) in [5.41, 5.74) is 12.7. The molecule has 0 saturated carbocycles. The summed E-state index contributed by atoms with van der Waals surface area (Å²) in [6, 6.07) is 12.1. The van der Waals surface area contributed by atoms with Gasteiger partial charge in [0.25, 0.3) is 5.91 Å². The number of rotatable bonds is 6. The van der Waals surface area contributed by atoms with Crippen molar-refractivity contribution in [1.82, 2.24) is 20.6 Å². The molecule has 7 nitrogen and oxygen atoms in total. The monoisotopic (exact) mass is 451 g/mol. The Bertz CT molecular complexity index is 1080. The standard InChI is InChI=1S/C19H16Cl3N5O2/c1-10-17(19(29)25-24-9-16(23)28)26-27(15-7-6-13(21)8-14(15)22)18(10)11-2-4-12(20)5-3-11/h2-8,24H,9H2,1H3,(H2,23,28)(H,25,29). The highest BCUT2D eigenvalue weighted by atomic mass is 35.5. The molecule has 0 fully saturated rings. The molecule has 0 spiro atoms. The highest BCUT2D eigenvalue weighted by Crippen LogP contribution is 2.33. The Hall–Kier alpha value is -2.58. The van der Waals surface area contributed by atoms with Crippen LogP contribution in [0.15, 0.2) is 42.5 Å². The Morgan fingerprint density at radius 1 is 1.07 bits per heavy atom. The van der Waals surface area contributed by atoms with Crippen molar-refractivity contribution < 1.29 is 9.59 Å². The first-order valence-corrected chi connectivity index (χ1v) is 9.54. The number of nitrogens with zero attached hydrogens (tertiary/aromatic N) is 2. The maximum absolute atomic E-state index is 12.6. The van der Waals surface area contributed by atoms with Gasteiger partial charge in [-0.3, -0.25) is 15.0 Å². The lowest BCUT2D eigenvalue weighted by Crippen LogP contribution is -2.42. The minimum atomic E-state index is -0.609. The normalized spacial score (nSPS) is 10.8. The largest absolute Gasteiger partial charge is 0.369 e. The van der Waals surface area contributed by atoms with Crippen LogP contribution in [-0.2, 0) is 4.79 Å². The van der Waals surface area contributed by atoms with Crippen LogP contribution in [0.25, 0.3) is 16.9 Å². The molecule has 1 aromatic heterocycles. The lowest BCUT2D eigenvalue weighted by atomic mass is 10.1. The van der Waals surface area contributed by atoms with Crippen LogP contribution in [-0.4, -0.2) is 28.1 Å². The summed E-state index contributed by atoms with van der Waals surface area (Å²) in [5, 5.41) is 5.88. The van der Waals surface area contributed by atoms with Crippen LogP contribution in [0.1, 0.15) is 16.1 Å². The van der Waals surface area contributed by atoms with Crippen LogP contribution in [0.5, 0.6) is 0 Å². The number of hydrogen-bond acceptors (Lipinski definition) is 4. The van der Waals surface area contributed by atoms with Crippen molar-refractivity contribution in [3.8, 4) is 16.9 Å². The molecule has 0 aliphatic carbocycles. The zero-order valence-electron chi connectivity index (χ0n) is 15.2. The Balaban J connectivity index is 2.11. The van der Waals surface area contributed by atoms with Gasteiger partial charge in [0.15, 0.2) is 5.69 Å². The number of primary amides is 1. The summed E-state index contributed by atoms with van der Waals surface area (Å²) in [4.78, 5) is 23.4. The zero-order chi connectivity index (χ0) is 21.1. The van der Waals surface area contributed by atoms with Gasteiger partial charge in [-0.2, -0.15) is 5.10 Å². The highest BCUT2D eigenvalue weighted by Gasteiger charge is 2.23. The molecule has 2 amide bonds. The molecule has 3 aromatic rings. The molecule has 0 radical (unpaired) electrons. The van der Waals surface area contributed by atoms with Gasteiger partial charge in [-0.1, -0.05) is 46.9 Å². The lowest BCUT2D eigenvalue weighted by Gasteiger charge is -2.11. The Morgan fingerprint density at radius 3 is 2.34 bits per heavy atom. The van der Waals surface area contributed by atoms with Gasteiger partial charge in [-0.05, 0) is 37.3 Å². The van der Waals surface area contributed by atoms with E-state index < -0.39 is 11.8 Å². The summed E-state index contributed by atoms with van der Waals surface area (Å²) < 4.78 is 1.57. The molecule has 0 atom stereocenters. The molecule has 4 N–H and O–H groups in total. The highest BCUT2D eigenvalue weighted by molar-refractivity contribution is 6.35. The van der Waals surface area contributed by atoms with Gasteiger partial charge in [-0.15, -0.1) is 0 Å². The molecule has 10 heteroatoms. The van der Waals surface area contributed by atoms with Crippen molar-refractivity contribution in [3.63, 3.8) is 0 Å². The molecule has 0 aliphatic rings. The quantitative estimate of drug-likeness (QED) is 0.498. The second-order valence-corrected chi connectivity index (χ2v) is 7.39. The molecule has 0 saturated heterocycles. The van der Waals surface area contributed by atoms with Crippen LogP contribution >= 0.6 is 34.8 Å². The fourth-order valence-corrected chi connectivity index (χ4v) is 3.37. The number of carbonyl (C=O) groups is 2. The van der Waals surface area contributed by atoms with E-state index in [0.717, 1.165) is 5.56 Å². The maximum Gasteiger partial charge on any atom is 0.286 e. The minimum absolute atomic E-state index is 0.151. The molecule has 1 heterocycles. The first kappa shape index (κ1) is 21.1. The summed E-state index contributed by atoms with van der Waals surface area (Å²) in [6.45, 7) is 1.55. The van der Waals surface area contributed by atoms with E-state index in [1.165, 1.54) is 0 Å². The number of hydrogen-bond donors (Lipinski definition) is 3. The molecule has 29 heavy (non-hydrogen) atoms. The smallest absolute Gasteiger partial charge is 0.286 e. The summed E-state index contributed by atoms with van der Waals surface area (Å²) in [7, 11) is 0. The number of hydrazine groups is 1. The van der Waals surface area contributed by atoms with E-state index in [1.54, 1.807) is 41.9 Å². The second kappa shape index (κ2) is 8.84. The van der Waals surface area contributed by atoms with Crippen molar-refractivity contribution in [1.29, 1.82) is 0 Å². The Morgan fingerprint density at radius 2 is 1.72 bits per heavy atom. The van der Waals surface area contributed by atoms with E-state index >= 15 is 0 Å².